The van der Waals surface area contributed by atoms with Crippen molar-refractivity contribution in [1.82, 2.24) is 5.43 Å². The molecule has 1 aliphatic carbocycles. The molecule has 0 amide bonds. The molecule has 0 bridgehead atoms. The van der Waals surface area contributed by atoms with Gasteiger partial charge in [0.25, 0.3) is 0 Å². The van der Waals surface area contributed by atoms with Crippen LogP contribution in [0.1, 0.15) is 35.6 Å². The van der Waals surface area contributed by atoms with Gasteiger partial charge in [0.1, 0.15) is 0 Å². The lowest BCUT2D eigenvalue weighted by Gasteiger charge is -2.27. The zero-order valence-electron chi connectivity index (χ0n) is 10.9. The van der Waals surface area contributed by atoms with Crippen molar-refractivity contribution in [3.8, 4) is 0 Å². The zero-order chi connectivity index (χ0) is 12.4. The summed E-state index contributed by atoms with van der Waals surface area (Å²) in [6.07, 6.45) is 2.68. The molecule has 0 heterocycles. The molecule has 0 saturated heterocycles. The summed E-state index contributed by atoms with van der Waals surface area (Å²) in [4.78, 5) is 0. The van der Waals surface area contributed by atoms with Crippen molar-refractivity contribution in [2.24, 2.45) is 11.8 Å². The van der Waals surface area contributed by atoms with E-state index in [4.69, 9.17) is 10.6 Å². The second-order valence-electron chi connectivity index (χ2n) is 4.97. The van der Waals surface area contributed by atoms with E-state index in [1.165, 1.54) is 29.5 Å². The van der Waals surface area contributed by atoms with Crippen LogP contribution in [0.15, 0.2) is 18.2 Å². The monoisotopic (exact) mass is 234 g/mol. The lowest BCUT2D eigenvalue weighted by atomic mass is 9.92. The van der Waals surface area contributed by atoms with E-state index in [0.717, 1.165) is 0 Å². The molecule has 1 aliphatic rings. The standard InChI is InChI=1S/C14H22N2O/c1-9-5-4-6-12(10(9)2)13(16-15)14(17-3)11-7-8-11/h4-6,11,13-14,16H,7-8,15H2,1-3H3. The molecule has 3 heteroatoms. The van der Waals surface area contributed by atoms with E-state index >= 15 is 0 Å². The van der Waals surface area contributed by atoms with Gasteiger partial charge in [0.05, 0.1) is 12.1 Å². The lowest BCUT2D eigenvalue weighted by molar-refractivity contribution is 0.0505. The third-order valence-corrected chi connectivity index (χ3v) is 3.85. The van der Waals surface area contributed by atoms with Gasteiger partial charge in [-0.15, -0.1) is 0 Å². The van der Waals surface area contributed by atoms with E-state index in [1.54, 1.807) is 7.11 Å². The van der Waals surface area contributed by atoms with Crippen LogP contribution in [0.3, 0.4) is 0 Å². The molecule has 3 nitrogen and oxygen atoms in total. The Hall–Kier alpha value is -0.900. The van der Waals surface area contributed by atoms with Crippen LogP contribution < -0.4 is 11.3 Å². The smallest absolute Gasteiger partial charge is 0.0807 e. The summed E-state index contributed by atoms with van der Waals surface area (Å²) in [5.41, 5.74) is 6.79. The molecular formula is C14H22N2O. The molecule has 0 spiro atoms. The molecular weight excluding hydrogens is 212 g/mol. The highest BCUT2D eigenvalue weighted by Gasteiger charge is 2.37. The topological polar surface area (TPSA) is 47.3 Å². The first kappa shape index (κ1) is 12.6. The largest absolute Gasteiger partial charge is 0.379 e. The molecule has 3 N–H and O–H groups in total. The normalized spacial score (nSPS) is 19.1. The van der Waals surface area contributed by atoms with Crippen LogP contribution >= 0.6 is 0 Å². The van der Waals surface area contributed by atoms with Gasteiger partial charge in [0.15, 0.2) is 0 Å². The van der Waals surface area contributed by atoms with E-state index in [-0.39, 0.29) is 12.1 Å². The average molecular weight is 234 g/mol. The molecule has 0 aliphatic heterocycles. The Kier molecular flexibility index (Phi) is 3.82. The maximum atomic E-state index is 5.74. The molecule has 2 unspecified atom stereocenters. The van der Waals surface area contributed by atoms with Crippen LogP contribution in [-0.4, -0.2) is 13.2 Å². The van der Waals surface area contributed by atoms with Crippen LogP contribution in [0.4, 0.5) is 0 Å². The van der Waals surface area contributed by atoms with Crippen molar-refractivity contribution in [3.63, 3.8) is 0 Å². The molecule has 2 atom stereocenters. The van der Waals surface area contributed by atoms with Gasteiger partial charge in [-0.05, 0) is 49.3 Å². The summed E-state index contributed by atoms with van der Waals surface area (Å²) in [6, 6.07) is 6.45. The van der Waals surface area contributed by atoms with Gasteiger partial charge in [-0.2, -0.15) is 0 Å². The first-order chi connectivity index (χ1) is 8.19. The molecule has 1 fully saturated rings. The minimum Gasteiger partial charge on any atom is -0.379 e. The Morgan fingerprint density at radius 3 is 2.59 bits per heavy atom. The van der Waals surface area contributed by atoms with Crippen molar-refractivity contribution in [3.05, 3.63) is 34.9 Å². The van der Waals surface area contributed by atoms with Gasteiger partial charge in [0.2, 0.25) is 0 Å². The number of hydrazine groups is 1. The first-order valence-corrected chi connectivity index (χ1v) is 6.24. The predicted molar refractivity (Wildman–Crippen MR) is 69.5 cm³/mol. The quantitative estimate of drug-likeness (QED) is 0.606. The summed E-state index contributed by atoms with van der Waals surface area (Å²) in [7, 11) is 1.78. The van der Waals surface area contributed by atoms with Crippen molar-refractivity contribution >= 4 is 0 Å². The fraction of sp³-hybridized carbons (Fsp3) is 0.571. The van der Waals surface area contributed by atoms with Crippen LogP contribution in [0.25, 0.3) is 0 Å². The summed E-state index contributed by atoms with van der Waals surface area (Å²) < 4.78 is 5.63. The minimum absolute atomic E-state index is 0.0902. The van der Waals surface area contributed by atoms with Crippen LogP contribution in [0, 0.1) is 19.8 Å². The number of aryl methyl sites for hydroxylation is 1. The number of nitrogens with two attached hydrogens (primary N) is 1. The molecule has 17 heavy (non-hydrogen) atoms. The maximum absolute atomic E-state index is 5.74. The Labute approximate surface area is 103 Å². The fourth-order valence-electron chi connectivity index (χ4n) is 2.50. The van der Waals surface area contributed by atoms with Crippen molar-refractivity contribution in [2.75, 3.05) is 7.11 Å². The molecule has 0 radical (unpaired) electrons. The molecule has 94 valence electrons. The van der Waals surface area contributed by atoms with Gasteiger partial charge in [-0.3, -0.25) is 11.3 Å². The van der Waals surface area contributed by atoms with E-state index in [1.807, 2.05) is 0 Å². The second-order valence-corrected chi connectivity index (χ2v) is 4.97. The minimum atomic E-state index is 0.0902. The number of rotatable bonds is 5. The van der Waals surface area contributed by atoms with Crippen molar-refractivity contribution in [1.29, 1.82) is 0 Å². The van der Waals surface area contributed by atoms with E-state index in [2.05, 4.69) is 37.5 Å². The Balaban J connectivity index is 2.30. The Morgan fingerprint density at radius 1 is 1.35 bits per heavy atom. The summed E-state index contributed by atoms with van der Waals surface area (Å²) >= 11 is 0. The number of methoxy groups -OCH3 is 1. The summed E-state index contributed by atoms with van der Waals surface area (Å²) in [6.45, 7) is 4.28. The molecule has 1 aromatic rings. The third-order valence-electron chi connectivity index (χ3n) is 3.85. The summed E-state index contributed by atoms with van der Waals surface area (Å²) in [5.74, 6) is 6.39. The van der Waals surface area contributed by atoms with Gasteiger partial charge < -0.3 is 4.74 Å². The molecule has 1 aromatic carbocycles. The molecule has 2 rings (SSSR count). The van der Waals surface area contributed by atoms with Crippen molar-refractivity contribution in [2.45, 2.75) is 38.8 Å². The second kappa shape index (κ2) is 5.17. The fourth-order valence-corrected chi connectivity index (χ4v) is 2.50. The maximum Gasteiger partial charge on any atom is 0.0807 e. The number of ether oxygens (including phenoxy) is 1. The Morgan fingerprint density at radius 2 is 2.06 bits per heavy atom. The third kappa shape index (κ3) is 2.51. The van der Waals surface area contributed by atoms with Gasteiger partial charge >= 0.3 is 0 Å². The van der Waals surface area contributed by atoms with Crippen LogP contribution in [0.5, 0.6) is 0 Å². The lowest BCUT2D eigenvalue weighted by Crippen LogP contribution is -2.39. The first-order valence-electron chi connectivity index (χ1n) is 6.24. The zero-order valence-corrected chi connectivity index (χ0v) is 10.9. The highest BCUT2D eigenvalue weighted by molar-refractivity contribution is 5.36. The van der Waals surface area contributed by atoms with Gasteiger partial charge in [-0.25, -0.2) is 0 Å². The SMILES string of the molecule is COC(C1CC1)C(NN)c1cccc(C)c1C. The van der Waals surface area contributed by atoms with Gasteiger partial charge in [-0.1, -0.05) is 18.2 Å². The highest BCUT2D eigenvalue weighted by Crippen LogP contribution is 2.40. The Bertz CT molecular complexity index is 388. The average Bonchev–Trinajstić information content (AvgIpc) is 3.14. The predicted octanol–water partition coefficient (Wildman–Crippen LogP) is 2.23. The van der Waals surface area contributed by atoms with Gasteiger partial charge in [0, 0.05) is 7.11 Å². The van der Waals surface area contributed by atoms with E-state index in [0.29, 0.717) is 5.92 Å². The van der Waals surface area contributed by atoms with E-state index in [9.17, 15) is 0 Å². The number of nitrogens with one attached hydrogen (secondary N) is 1. The number of hydrogen-bond donors (Lipinski definition) is 2. The molecule has 0 aromatic heterocycles. The highest BCUT2D eigenvalue weighted by atomic mass is 16.5. The van der Waals surface area contributed by atoms with Crippen LogP contribution in [0.2, 0.25) is 0 Å². The summed E-state index contributed by atoms with van der Waals surface area (Å²) in [5, 5.41) is 0. The number of hydrogen-bond acceptors (Lipinski definition) is 3. The van der Waals surface area contributed by atoms with E-state index < -0.39 is 0 Å². The molecule has 1 saturated carbocycles. The van der Waals surface area contributed by atoms with Crippen molar-refractivity contribution < 1.29 is 4.74 Å². The number of benzene rings is 1. The van der Waals surface area contributed by atoms with Crippen LogP contribution in [-0.2, 0) is 4.74 Å².